The Balaban J connectivity index is 1.49. The number of anilines is 1. The van der Waals surface area contributed by atoms with Gasteiger partial charge >= 0.3 is 0 Å². The molecule has 0 aliphatic carbocycles. The first-order chi connectivity index (χ1) is 15.4. The number of amides is 1. The number of benzene rings is 2. The van der Waals surface area contributed by atoms with Gasteiger partial charge in [-0.2, -0.15) is 0 Å². The second-order valence-corrected chi connectivity index (χ2v) is 8.92. The van der Waals surface area contributed by atoms with E-state index < -0.39 is 5.38 Å². The summed E-state index contributed by atoms with van der Waals surface area (Å²) >= 11 is 12.5. The van der Waals surface area contributed by atoms with Crippen molar-refractivity contribution in [3.63, 3.8) is 0 Å². The molecule has 1 amide bonds. The number of nitrogens with zero attached hydrogens (tertiary/aromatic N) is 4. The lowest BCUT2D eigenvalue weighted by atomic mass is 10.0. The van der Waals surface area contributed by atoms with Gasteiger partial charge in [0.2, 0.25) is 5.91 Å². The molecule has 1 aliphatic heterocycles. The van der Waals surface area contributed by atoms with Crippen LogP contribution < -0.4 is 4.90 Å². The van der Waals surface area contributed by atoms with Crippen molar-refractivity contribution in [2.24, 2.45) is 0 Å². The summed E-state index contributed by atoms with van der Waals surface area (Å²) in [5.74, 6) is 1.65. The summed E-state index contributed by atoms with van der Waals surface area (Å²) in [5, 5.41) is 0.0616. The van der Waals surface area contributed by atoms with E-state index in [1.807, 2.05) is 73.3 Å². The number of halogens is 2. The number of rotatable bonds is 5. The Morgan fingerprint density at radius 3 is 2.28 bits per heavy atom. The molecule has 32 heavy (non-hydrogen) atoms. The highest BCUT2D eigenvalue weighted by molar-refractivity contribution is 6.31. The van der Waals surface area contributed by atoms with Crippen LogP contribution in [0, 0.1) is 13.8 Å². The summed E-state index contributed by atoms with van der Waals surface area (Å²) in [5.41, 5.74) is 4.07. The molecule has 1 saturated heterocycles. The summed E-state index contributed by atoms with van der Waals surface area (Å²) < 4.78 is 0. The van der Waals surface area contributed by atoms with Crippen LogP contribution in [-0.4, -0.2) is 47.0 Å². The Hall–Kier alpha value is -2.63. The van der Waals surface area contributed by atoms with Crippen LogP contribution in [0.3, 0.4) is 0 Å². The van der Waals surface area contributed by atoms with Gasteiger partial charge in [-0.05, 0) is 37.1 Å². The molecular formula is C25H26Cl2N4O. The van der Waals surface area contributed by atoms with Crippen molar-refractivity contribution in [2.75, 3.05) is 31.1 Å². The van der Waals surface area contributed by atoms with Gasteiger partial charge in [-0.15, -0.1) is 11.6 Å². The zero-order valence-corrected chi connectivity index (χ0v) is 19.8. The predicted molar refractivity (Wildman–Crippen MR) is 130 cm³/mol. The average molecular weight is 469 g/mol. The highest BCUT2D eigenvalue weighted by atomic mass is 35.5. The van der Waals surface area contributed by atoms with E-state index in [0.717, 1.165) is 45.5 Å². The number of hydrogen-bond donors (Lipinski definition) is 0. The largest absolute Gasteiger partial charge is 0.353 e. The van der Waals surface area contributed by atoms with Crippen LogP contribution in [0.1, 0.15) is 33.6 Å². The lowest BCUT2D eigenvalue weighted by molar-refractivity contribution is -0.131. The number of hydrogen-bond acceptors (Lipinski definition) is 4. The molecule has 4 rings (SSSR count). The maximum Gasteiger partial charge on any atom is 0.245 e. The van der Waals surface area contributed by atoms with E-state index in [0.29, 0.717) is 26.2 Å². The Labute approximate surface area is 199 Å². The van der Waals surface area contributed by atoms with Crippen LogP contribution in [0.25, 0.3) is 0 Å². The van der Waals surface area contributed by atoms with Crippen LogP contribution >= 0.6 is 23.2 Å². The van der Waals surface area contributed by atoms with Crippen LogP contribution in [-0.2, 0) is 11.2 Å². The third-order valence-corrected chi connectivity index (χ3v) is 6.49. The van der Waals surface area contributed by atoms with E-state index in [2.05, 4.69) is 9.88 Å². The molecule has 1 unspecified atom stereocenters. The minimum absolute atomic E-state index is 0.0473. The zero-order chi connectivity index (χ0) is 22.7. The molecule has 0 spiro atoms. The monoisotopic (exact) mass is 468 g/mol. The highest BCUT2D eigenvalue weighted by Gasteiger charge is 2.28. The summed E-state index contributed by atoms with van der Waals surface area (Å²) in [4.78, 5) is 26.4. The van der Waals surface area contributed by atoms with Crippen molar-refractivity contribution in [1.29, 1.82) is 0 Å². The Morgan fingerprint density at radius 1 is 0.969 bits per heavy atom. The summed E-state index contributed by atoms with van der Waals surface area (Å²) in [6, 6.07) is 17.4. The van der Waals surface area contributed by atoms with E-state index in [4.69, 9.17) is 28.2 Å². The molecule has 2 aromatic carbocycles. The fraction of sp³-hybridized carbons (Fsp3) is 0.320. The Bertz CT molecular complexity index is 1080. The lowest BCUT2D eigenvalue weighted by Crippen LogP contribution is -2.50. The fourth-order valence-electron chi connectivity index (χ4n) is 4.06. The maximum atomic E-state index is 12.9. The summed E-state index contributed by atoms with van der Waals surface area (Å²) in [6.07, 6.45) is 0.732. The molecule has 1 aromatic heterocycles. The number of carbonyl (C=O) groups excluding carboxylic acids is 1. The van der Waals surface area contributed by atoms with Gasteiger partial charge < -0.3 is 9.80 Å². The molecule has 3 aromatic rings. The topological polar surface area (TPSA) is 49.3 Å². The van der Waals surface area contributed by atoms with Gasteiger partial charge in [0.05, 0.1) is 0 Å². The predicted octanol–water partition coefficient (Wildman–Crippen LogP) is 4.97. The fourth-order valence-corrected chi connectivity index (χ4v) is 4.47. The first-order valence-corrected chi connectivity index (χ1v) is 11.5. The summed E-state index contributed by atoms with van der Waals surface area (Å²) in [7, 11) is 0. The van der Waals surface area contributed by atoms with Gasteiger partial charge in [-0.25, -0.2) is 9.97 Å². The van der Waals surface area contributed by atoms with Gasteiger partial charge in [0.25, 0.3) is 0 Å². The Morgan fingerprint density at radius 2 is 1.62 bits per heavy atom. The highest BCUT2D eigenvalue weighted by Crippen LogP contribution is 2.27. The van der Waals surface area contributed by atoms with E-state index in [-0.39, 0.29) is 5.91 Å². The first kappa shape index (κ1) is 22.6. The third kappa shape index (κ3) is 5.05. The molecule has 7 heteroatoms. The molecule has 0 N–H and O–H groups in total. The average Bonchev–Trinajstić information content (AvgIpc) is 2.81. The van der Waals surface area contributed by atoms with Crippen LogP contribution in [0.2, 0.25) is 5.02 Å². The van der Waals surface area contributed by atoms with Crippen molar-refractivity contribution in [3.05, 3.63) is 87.8 Å². The van der Waals surface area contributed by atoms with Gasteiger partial charge in [0.1, 0.15) is 17.0 Å². The second kappa shape index (κ2) is 9.88. The van der Waals surface area contributed by atoms with Gasteiger partial charge in [-0.3, -0.25) is 4.79 Å². The van der Waals surface area contributed by atoms with Crippen LogP contribution in [0.4, 0.5) is 5.82 Å². The van der Waals surface area contributed by atoms with Crippen molar-refractivity contribution in [1.82, 2.24) is 14.9 Å². The molecule has 1 fully saturated rings. The summed E-state index contributed by atoms with van der Waals surface area (Å²) in [6.45, 7) is 6.57. The molecule has 0 saturated carbocycles. The quantitative estimate of drug-likeness (QED) is 0.496. The van der Waals surface area contributed by atoms with Gasteiger partial charge in [0, 0.05) is 48.9 Å². The minimum Gasteiger partial charge on any atom is -0.353 e. The number of aromatic nitrogens is 2. The molecule has 166 valence electrons. The number of alkyl halides is 1. The maximum absolute atomic E-state index is 12.9. The number of piperazine rings is 1. The van der Waals surface area contributed by atoms with E-state index in [9.17, 15) is 4.79 Å². The van der Waals surface area contributed by atoms with E-state index in [1.165, 1.54) is 0 Å². The van der Waals surface area contributed by atoms with Crippen LogP contribution in [0.5, 0.6) is 0 Å². The lowest BCUT2D eigenvalue weighted by Gasteiger charge is -2.37. The molecule has 0 bridgehead atoms. The molecule has 1 aliphatic rings. The SMILES string of the molecule is Cc1nc(C)c(Cc2ccc(Cl)cc2)c(N2CCN(C(=O)C(Cl)c3ccccc3)CC2)n1. The number of aryl methyl sites for hydroxylation is 2. The van der Waals surface area contributed by atoms with Crippen molar-refractivity contribution >= 4 is 34.9 Å². The third-order valence-electron chi connectivity index (χ3n) is 5.80. The van der Waals surface area contributed by atoms with E-state index in [1.54, 1.807) is 0 Å². The molecule has 1 atom stereocenters. The smallest absolute Gasteiger partial charge is 0.245 e. The van der Waals surface area contributed by atoms with Crippen molar-refractivity contribution < 1.29 is 4.79 Å². The molecule has 0 radical (unpaired) electrons. The van der Waals surface area contributed by atoms with Crippen molar-refractivity contribution in [3.8, 4) is 0 Å². The molecular weight excluding hydrogens is 443 g/mol. The molecule has 2 heterocycles. The molecule has 5 nitrogen and oxygen atoms in total. The normalized spacial score (nSPS) is 15.0. The van der Waals surface area contributed by atoms with Gasteiger partial charge in [-0.1, -0.05) is 54.1 Å². The zero-order valence-electron chi connectivity index (χ0n) is 18.3. The van der Waals surface area contributed by atoms with Gasteiger partial charge in [0.15, 0.2) is 0 Å². The second-order valence-electron chi connectivity index (χ2n) is 8.05. The van der Waals surface area contributed by atoms with E-state index >= 15 is 0 Å². The Kier molecular flexibility index (Phi) is 6.97. The number of carbonyl (C=O) groups is 1. The first-order valence-electron chi connectivity index (χ1n) is 10.7. The minimum atomic E-state index is -0.660. The standard InChI is InChI=1S/C25H26Cl2N4O/c1-17-22(16-19-8-10-21(26)11-9-19)24(29-18(2)28-17)30-12-14-31(15-13-30)25(32)23(27)20-6-4-3-5-7-20/h3-11,23H,12-16H2,1-2H3. The van der Waals surface area contributed by atoms with Crippen molar-refractivity contribution in [2.45, 2.75) is 25.6 Å². The van der Waals surface area contributed by atoms with Crippen LogP contribution in [0.15, 0.2) is 54.6 Å².